The van der Waals surface area contributed by atoms with Gasteiger partial charge < -0.3 is 10.8 Å². The number of hydrazone groups is 1. The van der Waals surface area contributed by atoms with Gasteiger partial charge in [-0.15, -0.1) is 0 Å². The lowest BCUT2D eigenvalue weighted by Crippen LogP contribution is -2.15. The van der Waals surface area contributed by atoms with Gasteiger partial charge in [0.15, 0.2) is 0 Å². The Labute approximate surface area is 83.3 Å². The third-order valence-electron chi connectivity index (χ3n) is 1.34. The van der Waals surface area contributed by atoms with E-state index in [4.69, 9.17) is 10.8 Å². The van der Waals surface area contributed by atoms with Gasteiger partial charge >= 0.3 is 5.97 Å². The predicted octanol–water partition coefficient (Wildman–Crippen LogP) is 0.469. The largest absolute Gasteiger partial charge is 0.477 e. The minimum Gasteiger partial charge on any atom is -0.477 e. The number of rotatable bonds is 7. The van der Waals surface area contributed by atoms with Crippen LogP contribution in [0.1, 0.15) is 19.3 Å². The average molecular weight is 221 g/mol. The number of hydrogen-bond acceptors (Lipinski definition) is 4. The van der Waals surface area contributed by atoms with Crippen molar-refractivity contribution in [3.63, 3.8) is 0 Å². The van der Waals surface area contributed by atoms with Crippen LogP contribution in [0.25, 0.3) is 0 Å². The molecule has 0 aromatic heterocycles. The molecule has 4 N–H and O–H groups in total. The number of nitrogens with zero attached hydrogens (tertiary/aromatic N) is 1. The van der Waals surface area contributed by atoms with E-state index in [0.29, 0.717) is 20.5 Å². The van der Waals surface area contributed by atoms with Gasteiger partial charge in [-0.05, 0) is 37.6 Å². The molecule has 0 fully saturated rings. The highest BCUT2D eigenvalue weighted by Crippen LogP contribution is 1.97. The fourth-order valence-corrected chi connectivity index (χ4v) is 1.01. The molecule has 0 atom stereocenters. The second-order valence-corrected chi connectivity index (χ2v) is 3.23. The molecule has 0 heterocycles. The molecule has 0 aliphatic carbocycles. The van der Waals surface area contributed by atoms with Gasteiger partial charge in [0.05, 0.1) is 0 Å². The first kappa shape index (κ1) is 12.4. The normalized spacial score (nSPS) is 11.6. The quantitative estimate of drug-likeness (QED) is 0.252. The number of nitrogens with two attached hydrogens (primary N) is 1. The third kappa shape index (κ3) is 6.57. The molecule has 0 radical (unpaired) electrons. The number of hydrogen-bond donors (Lipinski definition) is 3. The molecule has 0 amide bonds. The molecular weight excluding hydrogens is 209 g/mol. The van der Waals surface area contributed by atoms with Crippen LogP contribution in [0.15, 0.2) is 5.10 Å². The first-order chi connectivity index (χ1) is 6.22. The Balaban J connectivity index is 3.94. The second-order valence-electron chi connectivity index (χ2n) is 2.30. The summed E-state index contributed by atoms with van der Waals surface area (Å²) in [5, 5.41) is 14.7. The van der Waals surface area contributed by atoms with Gasteiger partial charge in [0.25, 0.3) is 0 Å². The summed E-state index contributed by atoms with van der Waals surface area (Å²) in [6.45, 7) is 0.569. The molecular formula is C6H12N3O2PS. The third-order valence-corrected chi connectivity index (χ3v) is 1.77. The van der Waals surface area contributed by atoms with Crippen LogP contribution in [0, 0.1) is 0 Å². The number of unbranched alkanes of at least 4 members (excludes halogenated alkanes) is 1. The first-order valence-corrected chi connectivity index (χ1v) is 5.70. The minimum atomic E-state index is -1.01. The van der Waals surface area contributed by atoms with E-state index in [1.807, 2.05) is 0 Å². The maximum atomic E-state index is 10.6. The molecule has 0 spiro atoms. The van der Waals surface area contributed by atoms with Gasteiger partial charge in [-0.3, -0.25) is 0 Å². The molecule has 0 unspecified atom stereocenters. The number of nitrogens with one attached hydrogen (secondary N) is 1. The van der Waals surface area contributed by atoms with Crippen molar-refractivity contribution < 1.29 is 9.90 Å². The number of aliphatic carboxylic acids is 1. The molecule has 5 nitrogen and oxygen atoms in total. The Morgan fingerprint density at radius 3 is 2.77 bits per heavy atom. The van der Waals surface area contributed by atoms with Crippen molar-refractivity contribution in [1.29, 1.82) is 0 Å². The highest BCUT2D eigenvalue weighted by atomic mass is 32.4. The molecule has 0 aliphatic heterocycles. The Kier molecular flexibility index (Phi) is 7.68. The fourth-order valence-electron chi connectivity index (χ4n) is 0.728. The molecule has 0 saturated carbocycles. The van der Waals surface area contributed by atoms with Gasteiger partial charge in [-0.1, -0.05) is 0 Å². The molecule has 7 heteroatoms. The van der Waals surface area contributed by atoms with Crippen molar-refractivity contribution in [2.24, 2.45) is 10.8 Å². The summed E-state index contributed by atoms with van der Waals surface area (Å²) in [6.07, 6.45) is 1.96. The molecule has 0 rings (SSSR count). The first-order valence-electron chi connectivity index (χ1n) is 3.79. The second kappa shape index (κ2) is 8.04. The van der Waals surface area contributed by atoms with Crippen LogP contribution in [0.3, 0.4) is 0 Å². The Morgan fingerprint density at radius 1 is 1.62 bits per heavy atom. The van der Waals surface area contributed by atoms with Crippen LogP contribution in [-0.4, -0.2) is 23.3 Å². The molecule has 74 valence electrons. The van der Waals surface area contributed by atoms with Gasteiger partial charge in [-0.25, -0.2) is 9.99 Å². The van der Waals surface area contributed by atoms with E-state index in [1.165, 1.54) is 0 Å². The average Bonchev–Trinajstić information content (AvgIpc) is 2.10. The monoisotopic (exact) mass is 221 g/mol. The number of carbonyl (C=O) groups is 1. The van der Waals surface area contributed by atoms with Crippen LogP contribution in [0.2, 0.25) is 0 Å². The van der Waals surface area contributed by atoms with E-state index in [2.05, 4.69) is 22.1 Å². The minimum absolute atomic E-state index is 0.103. The SMILES string of the molecule is NCCCCC(=NNP=S)C(=O)O. The Morgan fingerprint density at radius 2 is 2.31 bits per heavy atom. The van der Waals surface area contributed by atoms with Gasteiger partial charge in [0.1, 0.15) is 13.2 Å². The molecule has 0 bridgehead atoms. The van der Waals surface area contributed by atoms with Crippen molar-refractivity contribution in [1.82, 2.24) is 5.20 Å². The van der Waals surface area contributed by atoms with Crippen molar-refractivity contribution in [3.8, 4) is 0 Å². The van der Waals surface area contributed by atoms with Crippen molar-refractivity contribution in [3.05, 3.63) is 0 Å². The van der Waals surface area contributed by atoms with E-state index in [9.17, 15) is 4.79 Å². The van der Waals surface area contributed by atoms with Crippen LogP contribution < -0.4 is 10.9 Å². The molecule has 13 heavy (non-hydrogen) atoms. The summed E-state index contributed by atoms with van der Waals surface area (Å²) >= 11 is 4.53. The lowest BCUT2D eigenvalue weighted by molar-refractivity contribution is -0.129. The summed E-state index contributed by atoms with van der Waals surface area (Å²) in [5.41, 5.74) is 5.37. The lowest BCUT2D eigenvalue weighted by atomic mass is 10.2. The van der Waals surface area contributed by atoms with Crippen LogP contribution >= 0.6 is 7.51 Å². The maximum Gasteiger partial charge on any atom is 0.352 e. The fraction of sp³-hybridized carbons (Fsp3) is 0.667. The van der Waals surface area contributed by atoms with E-state index < -0.39 is 5.97 Å². The van der Waals surface area contributed by atoms with Crippen molar-refractivity contribution in [2.75, 3.05) is 6.54 Å². The zero-order valence-electron chi connectivity index (χ0n) is 7.06. The van der Waals surface area contributed by atoms with Crippen LogP contribution in [0.5, 0.6) is 0 Å². The summed E-state index contributed by atoms with van der Waals surface area (Å²) in [5.74, 6) is -1.01. The molecule has 0 saturated heterocycles. The topological polar surface area (TPSA) is 87.7 Å². The summed E-state index contributed by atoms with van der Waals surface area (Å²) in [6, 6.07) is 0. The van der Waals surface area contributed by atoms with Gasteiger partial charge in [0, 0.05) is 0 Å². The highest BCUT2D eigenvalue weighted by Gasteiger charge is 2.08. The highest BCUT2D eigenvalue weighted by molar-refractivity contribution is 7.95. The summed E-state index contributed by atoms with van der Waals surface area (Å²) in [4.78, 5) is 10.6. The molecule has 0 aromatic rings. The lowest BCUT2D eigenvalue weighted by Gasteiger charge is -1.99. The van der Waals surface area contributed by atoms with E-state index >= 15 is 0 Å². The van der Waals surface area contributed by atoms with Crippen molar-refractivity contribution >= 4 is 31.0 Å². The Bertz CT molecular complexity index is 210. The number of carboxylic acid groups (broad SMARTS) is 1. The zero-order valence-corrected chi connectivity index (χ0v) is 8.77. The predicted molar refractivity (Wildman–Crippen MR) is 55.4 cm³/mol. The smallest absolute Gasteiger partial charge is 0.352 e. The standard InChI is InChI=1S/C6H12N3O2PS/c7-4-2-1-3-5(6(10)11)8-9-12-13/h1-4,7H2,(H,9,13)(H,10,11). The van der Waals surface area contributed by atoms with E-state index in [1.54, 1.807) is 0 Å². The van der Waals surface area contributed by atoms with Gasteiger partial charge in [0.2, 0.25) is 0 Å². The molecule has 0 aliphatic rings. The Hall–Kier alpha value is -0.580. The van der Waals surface area contributed by atoms with Crippen LogP contribution in [0.4, 0.5) is 0 Å². The maximum absolute atomic E-state index is 10.6. The van der Waals surface area contributed by atoms with E-state index in [-0.39, 0.29) is 5.71 Å². The summed E-state index contributed by atoms with van der Waals surface area (Å²) in [7, 11) is 0.425. The summed E-state index contributed by atoms with van der Waals surface area (Å²) < 4.78 is 0. The van der Waals surface area contributed by atoms with E-state index in [0.717, 1.165) is 12.8 Å². The van der Waals surface area contributed by atoms with Crippen molar-refractivity contribution in [2.45, 2.75) is 19.3 Å². The number of carboxylic acids is 1. The zero-order chi connectivity index (χ0) is 10.1. The molecule has 0 aromatic carbocycles. The van der Waals surface area contributed by atoms with Crippen LogP contribution in [-0.2, 0) is 16.6 Å². The van der Waals surface area contributed by atoms with Gasteiger partial charge in [-0.2, -0.15) is 5.10 Å².